The molecule has 0 saturated carbocycles. The molecule has 1 unspecified atom stereocenters. The molecule has 0 radical (unpaired) electrons. The van der Waals surface area contributed by atoms with Crippen LogP contribution in [0.25, 0.3) is 11.4 Å². The number of hydrogen-bond acceptors (Lipinski definition) is 8. The van der Waals surface area contributed by atoms with E-state index in [1.807, 2.05) is 36.5 Å². The summed E-state index contributed by atoms with van der Waals surface area (Å²) >= 11 is 0. The maximum absolute atomic E-state index is 13.7. The molecule has 15 heteroatoms. The van der Waals surface area contributed by atoms with Crippen LogP contribution in [0.15, 0.2) is 60.9 Å². The fraction of sp³-hybridized carbons (Fsp3) is 0.258. The lowest BCUT2D eigenvalue weighted by molar-refractivity contribution is -0.138. The molecule has 46 heavy (non-hydrogen) atoms. The summed E-state index contributed by atoms with van der Waals surface area (Å²) < 4.78 is 57.9. The van der Waals surface area contributed by atoms with Crippen molar-refractivity contribution in [3.05, 3.63) is 83.3 Å². The Balaban J connectivity index is 1.46. The smallest absolute Gasteiger partial charge is 0.416 e. The lowest BCUT2D eigenvalue weighted by Crippen LogP contribution is -2.27. The summed E-state index contributed by atoms with van der Waals surface area (Å²) in [6, 6.07) is 10.2. The summed E-state index contributed by atoms with van der Waals surface area (Å²) in [5, 5.41) is 15.8. The third-order valence-corrected chi connectivity index (χ3v) is 6.56. The molecule has 0 bridgehead atoms. The molecule has 4 aromatic rings. The second-order valence-electron chi connectivity index (χ2n) is 9.84. The number of hydrogen-bond donors (Lipinski definition) is 4. The number of nitrogens with zero attached hydrogens (tertiary/aromatic N) is 3. The van der Waals surface area contributed by atoms with Gasteiger partial charge in [0, 0.05) is 17.4 Å². The average molecular weight is 641 g/mol. The van der Waals surface area contributed by atoms with Gasteiger partial charge in [-0.05, 0) is 62.2 Å². The largest absolute Gasteiger partial charge is 0.497 e. The molecule has 0 aliphatic heterocycles. The first-order chi connectivity index (χ1) is 21.9. The summed E-state index contributed by atoms with van der Waals surface area (Å²) in [5.74, 6) is 1.68. The minimum Gasteiger partial charge on any atom is -0.497 e. The molecule has 0 aliphatic carbocycles. The second kappa shape index (κ2) is 14.5. The van der Waals surface area contributed by atoms with Crippen LogP contribution in [0.1, 0.15) is 42.3 Å². The highest BCUT2D eigenvalue weighted by atomic mass is 19.4. The van der Waals surface area contributed by atoms with Gasteiger partial charge in [-0.15, -0.1) is 0 Å². The van der Waals surface area contributed by atoms with E-state index in [-0.39, 0.29) is 35.2 Å². The van der Waals surface area contributed by atoms with Gasteiger partial charge in [0.1, 0.15) is 12.4 Å². The number of carbonyl (C=O) groups is 2. The van der Waals surface area contributed by atoms with Crippen LogP contribution in [-0.4, -0.2) is 45.9 Å². The van der Waals surface area contributed by atoms with Gasteiger partial charge in [-0.1, -0.05) is 18.2 Å². The Kier molecular flexibility index (Phi) is 10.5. The highest BCUT2D eigenvalue weighted by Gasteiger charge is 2.35. The van der Waals surface area contributed by atoms with E-state index in [1.165, 1.54) is 25.4 Å². The van der Waals surface area contributed by atoms with Gasteiger partial charge in [0.2, 0.25) is 0 Å². The van der Waals surface area contributed by atoms with E-state index >= 15 is 0 Å². The molecular weight excluding hydrogens is 609 g/mol. The average Bonchev–Trinajstić information content (AvgIpc) is 3.01. The normalized spacial score (nSPS) is 11.7. The van der Waals surface area contributed by atoms with Crippen molar-refractivity contribution in [2.24, 2.45) is 0 Å². The van der Waals surface area contributed by atoms with Gasteiger partial charge in [0.15, 0.2) is 11.6 Å². The van der Waals surface area contributed by atoms with Crippen molar-refractivity contribution in [2.75, 3.05) is 24.4 Å². The highest BCUT2D eigenvalue weighted by molar-refractivity contribution is 6.00. The number of aromatic nitrogens is 3. The summed E-state index contributed by atoms with van der Waals surface area (Å²) in [4.78, 5) is 36.7. The van der Waals surface area contributed by atoms with Crippen LogP contribution in [0.3, 0.4) is 0 Å². The van der Waals surface area contributed by atoms with Crippen molar-refractivity contribution >= 4 is 23.5 Å². The Morgan fingerprint density at radius 3 is 2.37 bits per heavy atom. The van der Waals surface area contributed by atoms with E-state index in [9.17, 15) is 22.8 Å². The minimum absolute atomic E-state index is 0.157. The monoisotopic (exact) mass is 640 g/mol. The van der Waals surface area contributed by atoms with Crippen molar-refractivity contribution in [2.45, 2.75) is 39.6 Å². The molecule has 2 aromatic carbocycles. The molecule has 242 valence electrons. The van der Waals surface area contributed by atoms with Crippen LogP contribution in [0, 0.1) is 6.92 Å². The first-order valence-electron chi connectivity index (χ1n) is 13.9. The number of nitrogens with one attached hydrogen (secondary N) is 3. The van der Waals surface area contributed by atoms with Crippen LogP contribution in [0.5, 0.6) is 17.4 Å². The van der Waals surface area contributed by atoms with Gasteiger partial charge in [0.05, 0.1) is 42.9 Å². The number of methoxy groups -OCH3 is 1. The second-order valence-corrected chi connectivity index (χ2v) is 9.84. The van der Waals surface area contributed by atoms with Gasteiger partial charge >= 0.3 is 18.3 Å². The van der Waals surface area contributed by atoms with Gasteiger partial charge in [-0.2, -0.15) is 13.2 Å². The molecule has 2 heterocycles. The number of carbonyl (C=O) groups excluding carboxylic acids is 1. The van der Waals surface area contributed by atoms with E-state index in [0.717, 1.165) is 23.4 Å². The maximum Gasteiger partial charge on any atom is 0.416 e. The number of carboxylic acid groups (broad SMARTS) is 1. The number of alkyl halides is 3. The molecule has 1 atom stereocenters. The molecule has 12 nitrogen and oxygen atoms in total. The van der Waals surface area contributed by atoms with E-state index in [2.05, 4.69) is 25.6 Å². The number of benzene rings is 2. The molecule has 4 rings (SSSR count). The Hall–Kier alpha value is -5.60. The quantitative estimate of drug-likeness (QED) is 0.138. The minimum atomic E-state index is -4.80. The van der Waals surface area contributed by atoms with Crippen molar-refractivity contribution in [1.82, 2.24) is 20.3 Å². The Morgan fingerprint density at radius 1 is 1.00 bits per heavy atom. The molecule has 0 fully saturated rings. The van der Waals surface area contributed by atoms with Crippen molar-refractivity contribution in [3.8, 4) is 28.8 Å². The SMILES string of the molecule is CCOc1cc(-c2ncc(NC(=O)Nc3ccc(C(C)NC(=O)O)c(C(F)(F)F)c3)c(C)n2)cnc1OCc1ccc(OC)cc1. The fourth-order valence-corrected chi connectivity index (χ4v) is 4.33. The molecular formula is C31H31F3N6O6. The number of ether oxygens (including phenoxy) is 3. The summed E-state index contributed by atoms with van der Waals surface area (Å²) in [7, 11) is 1.59. The van der Waals surface area contributed by atoms with Crippen molar-refractivity contribution < 1.29 is 42.1 Å². The number of aryl methyl sites for hydroxylation is 1. The number of halogens is 3. The van der Waals surface area contributed by atoms with Crippen LogP contribution in [-0.2, 0) is 12.8 Å². The zero-order chi connectivity index (χ0) is 33.4. The first-order valence-corrected chi connectivity index (χ1v) is 13.9. The highest BCUT2D eigenvalue weighted by Crippen LogP contribution is 2.36. The Morgan fingerprint density at radius 2 is 1.74 bits per heavy atom. The summed E-state index contributed by atoms with van der Waals surface area (Å²) in [6.07, 6.45) is -3.39. The van der Waals surface area contributed by atoms with Gasteiger partial charge in [-0.25, -0.2) is 24.5 Å². The molecule has 0 saturated heterocycles. The number of pyridine rings is 1. The molecule has 0 aliphatic rings. The van der Waals surface area contributed by atoms with Crippen molar-refractivity contribution in [3.63, 3.8) is 0 Å². The van der Waals surface area contributed by atoms with Crippen LogP contribution >= 0.6 is 0 Å². The summed E-state index contributed by atoms with van der Waals surface area (Å²) in [5.41, 5.74) is 0.470. The Bertz CT molecular complexity index is 1700. The third-order valence-electron chi connectivity index (χ3n) is 6.56. The maximum atomic E-state index is 13.7. The summed E-state index contributed by atoms with van der Waals surface area (Å²) in [6.45, 7) is 5.33. The fourth-order valence-electron chi connectivity index (χ4n) is 4.33. The number of urea groups is 1. The standard InChI is InChI=1S/C31H31F3N6O6/c1-5-45-26-12-20(14-36-28(26)46-16-19-6-9-22(44-4)10-7-19)27-35-15-25(18(3)37-27)40-29(41)39-21-8-11-23(17(2)38-30(42)43)24(13-21)31(32,33)34/h6-15,17,38H,5,16H2,1-4H3,(H,42,43)(H2,39,40,41). The van der Waals surface area contributed by atoms with Crippen molar-refractivity contribution in [1.29, 1.82) is 0 Å². The number of rotatable bonds is 11. The predicted molar refractivity (Wildman–Crippen MR) is 162 cm³/mol. The van der Waals surface area contributed by atoms with E-state index in [4.69, 9.17) is 19.3 Å². The van der Waals surface area contributed by atoms with E-state index in [0.29, 0.717) is 23.6 Å². The van der Waals surface area contributed by atoms with Gasteiger partial charge < -0.3 is 35.3 Å². The first kappa shape index (κ1) is 33.3. The lowest BCUT2D eigenvalue weighted by atomic mass is 10.00. The molecule has 2 aromatic heterocycles. The lowest BCUT2D eigenvalue weighted by Gasteiger charge is -2.19. The molecule has 0 spiro atoms. The zero-order valence-electron chi connectivity index (χ0n) is 25.2. The zero-order valence-corrected chi connectivity index (χ0v) is 25.2. The van der Waals surface area contributed by atoms with Crippen LogP contribution in [0.2, 0.25) is 0 Å². The molecule has 4 N–H and O–H groups in total. The topological polar surface area (TPSA) is 157 Å². The van der Waals surface area contributed by atoms with Gasteiger partial charge in [-0.3, -0.25) is 0 Å². The number of anilines is 2. The van der Waals surface area contributed by atoms with E-state index < -0.39 is 29.9 Å². The van der Waals surface area contributed by atoms with Crippen LogP contribution in [0.4, 0.5) is 34.1 Å². The van der Waals surface area contributed by atoms with Gasteiger partial charge in [0.25, 0.3) is 5.88 Å². The number of amides is 3. The third kappa shape index (κ3) is 8.52. The Labute approximate surface area is 262 Å². The molecule has 3 amide bonds. The predicted octanol–water partition coefficient (Wildman–Crippen LogP) is 6.82. The van der Waals surface area contributed by atoms with E-state index in [1.54, 1.807) is 20.1 Å². The van der Waals surface area contributed by atoms with Crippen LogP contribution < -0.4 is 30.2 Å².